The summed E-state index contributed by atoms with van der Waals surface area (Å²) >= 11 is 0. The highest BCUT2D eigenvalue weighted by Crippen LogP contribution is 2.75. The van der Waals surface area contributed by atoms with Crippen molar-refractivity contribution in [2.24, 2.45) is 0 Å². The summed E-state index contributed by atoms with van der Waals surface area (Å²) in [5.74, 6) is 0.116. The third kappa shape index (κ3) is 3.37. The minimum absolute atomic E-state index is 0.0749. The fourth-order valence-corrected chi connectivity index (χ4v) is 15.9. The Morgan fingerprint density at radius 3 is 1.42 bits per heavy atom. The van der Waals surface area contributed by atoms with Gasteiger partial charge in [0.1, 0.15) is 11.2 Å². The highest BCUT2D eigenvalue weighted by atomic mass is 16.3. The van der Waals surface area contributed by atoms with Gasteiger partial charge in [-0.05, 0) is 128 Å². The quantitative estimate of drug-likeness (QED) is 0.165. The number of aromatic nitrogens is 1. The highest BCUT2D eigenvalue weighted by molar-refractivity contribution is 6.28. The van der Waals surface area contributed by atoms with E-state index in [-0.39, 0.29) is 46.1 Å². The van der Waals surface area contributed by atoms with Crippen LogP contribution in [0.25, 0.3) is 71.2 Å². The van der Waals surface area contributed by atoms with Crippen molar-refractivity contribution >= 4 is 71.6 Å². The number of carbonyl (C=O) groups is 2. The summed E-state index contributed by atoms with van der Waals surface area (Å²) < 4.78 is 8.92. The second-order valence-corrected chi connectivity index (χ2v) is 20.4. The van der Waals surface area contributed by atoms with E-state index in [1.807, 2.05) is 6.07 Å². The Balaban J connectivity index is 0.977. The topological polar surface area (TPSA) is 51.7 Å². The van der Waals surface area contributed by atoms with Gasteiger partial charge in [0, 0.05) is 66.1 Å². The summed E-state index contributed by atoms with van der Waals surface area (Å²) in [6, 6.07) is 61.6. The molecule has 6 aliphatic carbocycles. The molecule has 6 unspecified atom stereocenters. The van der Waals surface area contributed by atoms with Crippen LogP contribution in [-0.4, -0.2) is 16.0 Å². The molecule has 18 rings (SSSR count). The smallest absolute Gasteiger partial charge is 0.171 e. The van der Waals surface area contributed by atoms with Crippen molar-refractivity contribution in [2.75, 3.05) is 0 Å². The van der Waals surface area contributed by atoms with Crippen molar-refractivity contribution in [1.82, 2.24) is 4.40 Å². The van der Waals surface area contributed by atoms with Crippen LogP contribution in [0, 0.1) is 6.92 Å². The summed E-state index contributed by atoms with van der Waals surface area (Å²) in [7, 11) is 0. The number of benzene rings is 9. The fourth-order valence-electron chi connectivity index (χ4n) is 15.9. The highest BCUT2D eigenvalue weighted by Gasteiger charge is 2.70. The number of fused-ring (bicyclic) bond motifs is 21. The van der Waals surface area contributed by atoms with Crippen molar-refractivity contribution in [2.45, 2.75) is 41.4 Å². The molecule has 12 aromatic rings. The molecule has 0 saturated carbocycles. The van der Waals surface area contributed by atoms with E-state index in [1.54, 1.807) is 0 Å². The van der Waals surface area contributed by atoms with Gasteiger partial charge in [0.05, 0.1) is 28.4 Å². The lowest BCUT2D eigenvalue weighted by atomic mass is 9.36. The summed E-state index contributed by atoms with van der Waals surface area (Å²) in [6.07, 6.45) is 0. The molecule has 4 nitrogen and oxygen atoms in total. The molecule has 6 atom stereocenters. The Hall–Kier alpha value is -8.08. The molecule has 0 fully saturated rings. The lowest BCUT2D eigenvalue weighted by molar-refractivity contribution is 0.0839. The molecule has 0 bridgehead atoms. The van der Waals surface area contributed by atoms with Crippen molar-refractivity contribution < 1.29 is 14.0 Å². The van der Waals surface area contributed by atoms with Gasteiger partial charge in [-0.15, -0.1) is 0 Å². The van der Waals surface area contributed by atoms with Gasteiger partial charge in [-0.25, -0.2) is 0 Å². The van der Waals surface area contributed by atoms with E-state index in [0.717, 1.165) is 105 Å². The van der Waals surface area contributed by atoms with E-state index in [0.29, 0.717) is 0 Å². The van der Waals surface area contributed by atoms with Crippen LogP contribution in [0.5, 0.6) is 0 Å². The number of ketones is 2. The van der Waals surface area contributed by atoms with Gasteiger partial charge in [0.2, 0.25) is 0 Å². The molecule has 0 saturated heterocycles. The molecule has 67 heavy (non-hydrogen) atoms. The fraction of sp³-hybridized carbons (Fsp3) is 0.111. The van der Waals surface area contributed by atoms with Gasteiger partial charge in [0.15, 0.2) is 11.6 Å². The number of carbonyl (C=O) groups excluding carboxylic acids is 2. The van der Waals surface area contributed by atoms with Crippen LogP contribution in [0.3, 0.4) is 0 Å². The van der Waals surface area contributed by atoms with Crippen LogP contribution in [0.1, 0.15) is 106 Å². The van der Waals surface area contributed by atoms with E-state index >= 15 is 9.59 Å². The molecular formula is C63H35NO3. The Kier molecular flexibility index (Phi) is 5.52. The van der Waals surface area contributed by atoms with E-state index in [2.05, 4.69) is 175 Å². The Labute approximate surface area is 383 Å². The summed E-state index contributed by atoms with van der Waals surface area (Å²) in [5.41, 5.74) is 21.7. The Morgan fingerprint density at radius 2 is 0.896 bits per heavy atom. The van der Waals surface area contributed by atoms with E-state index in [1.165, 1.54) is 38.9 Å². The first-order valence-electron chi connectivity index (χ1n) is 23.7. The van der Waals surface area contributed by atoms with Gasteiger partial charge in [-0.3, -0.25) is 9.59 Å². The zero-order valence-corrected chi connectivity index (χ0v) is 36.1. The molecule has 2 spiro atoms. The summed E-state index contributed by atoms with van der Waals surface area (Å²) in [5, 5.41) is 6.78. The van der Waals surface area contributed by atoms with E-state index < -0.39 is 0 Å². The molecule has 3 heterocycles. The van der Waals surface area contributed by atoms with Gasteiger partial charge in [0.25, 0.3) is 0 Å². The number of hydrogen-bond donors (Lipinski definition) is 0. The summed E-state index contributed by atoms with van der Waals surface area (Å²) in [6.45, 7) is 2.21. The number of Topliss-reactive ketones (excluding diaryl/α,β-unsaturated/α-hetero) is 2. The molecule has 3 aromatic heterocycles. The SMILES string of the molecule is Cc1ccc2oc3ccccc3c2c1-c1cc2c3cc4c(cc3n3c5cc6c(cc5c(c1)c23)C1c2ccccc2C12c1ccccc1C2C6=O)C(=O)C1c2ccccc2C12c1ccccc1C42. The van der Waals surface area contributed by atoms with Crippen LogP contribution in [0.15, 0.2) is 174 Å². The number of rotatable bonds is 1. The first kappa shape index (κ1) is 34.3. The standard InChI is InChI=1S/C63H35NO3/c1-30-22-23-52-54(36-16-6-11-21-51(36)67-52)53(30)31-24-41-37-26-39-43(60(65)57-34-14-4-9-19-47(34)62(57)45-17-7-2-12-32(45)55(39)62)28-49(37)64-50-29-44-40(27-38(50)42(25-31)59(41)64)56-33-13-3-8-18-46(33)63(56)48-20-10-5-15-35(48)58(63)61(44)66/h2-29,55-58H,1H3. The van der Waals surface area contributed by atoms with Crippen LogP contribution in [0.4, 0.5) is 0 Å². The molecule has 6 aliphatic rings. The van der Waals surface area contributed by atoms with Gasteiger partial charge in [-0.1, -0.05) is 121 Å². The largest absolute Gasteiger partial charge is 0.456 e. The van der Waals surface area contributed by atoms with Crippen LogP contribution < -0.4 is 0 Å². The lowest BCUT2D eigenvalue weighted by Gasteiger charge is -2.64. The average Bonchev–Trinajstić information content (AvgIpc) is 3.98. The van der Waals surface area contributed by atoms with Crippen molar-refractivity contribution in [1.29, 1.82) is 0 Å². The monoisotopic (exact) mass is 853 g/mol. The average molecular weight is 854 g/mol. The molecule has 0 N–H and O–H groups in total. The molecule has 0 aliphatic heterocycles. The maximum Gasteiger partial charge on any atom is 0.171 e. The third-order valence-electron chi connectivity index (χ3n) is 18.1. The van der Waals surface area contributed by atoms with Crippen LogP contribution in [-0.2, 0) is 10.8 Å². The predicted octanol–water partition coefficient (Wildman–Crippen LogP) is 14.2. The molecule has 0 radical (unpaired) electrons. The second kappa shape index (κ2) is 10.8. The summed E-state index contributed by atoms with van der Waals surface area (Å²) in [4.78, 5) is 30.7. The third-order valence-corrected chi connectivity index (χ3v) is 18.1. The van der Waals surface area contributed by atoms with E-state index in [9.17, 15) is 0 Å². The molecular weight excluding hydrogens is 819 g/mol. The minimum atomic E-state index is -0.354. The zero-order valence-electron chi connectivity index (χ0n) is 36.1. The maximum absolute atomic E-state index is 15.4. The van der Waals surface area contributed by atoms with Crippen molar-refractivity contribution in [3.05, 3.63) is 242 Å². The Morgan fingerprint density at radius 1 is 0.433 bits per heavy atom. The Bertz CT molecular complexity index is 4230. The van der Waals surface area contributed by atoms with Crippen molar-refractivity contribution in [3.63, 3.8) is 0 Å². The number of aryl methyl sites for hydroxylation is 1. The number of hydrogen-bond acceptors (Lipinski definition) is 3. The lowest BCUT2D eigenvalue weighted by Crippen LogP contribution is -2.61. The van der Waals surface area contributed by atoms with Gasteiger partial charge < -0.3 is 8.82 Å². The molecule has 0 amide bonds. The van der Waals surface area contributed by atoms with Crippen LogP contribution >= 0.6 is 0 Å². The predicted molar refractivity (Wildman–Crippen MR) is 264 cm³/mol. The number of furan rings is 1. The van der Waals surface area contributed by atoms with E-state index in [4.69, 9.17) is 4.42 Å². The molecule has 310 valence electrons. The van der Waals surface area contributed by atoms with Crippen molar-refractivity contribution in [3.8, 4) is 11.1 Å². The maximum atomic E-state index is 15.4. The van der Waals surface area contributed by atoms with Gasteiger partial charge in [-0.2, -0.15) is 0 Å². The number of para-hydroxylation sites is 1. The number of nitrogens with zero attached hydrogens (tertiary/aromatic N) is 1. The molecule has 9 aromatic carbocycles. The first-order valence-corrected chi connectivity index (χ1v) is 23.7. The second-order valence-electron chi connectivity index (χ2n) is 20.4. The first-order chi connectivity index (χ1) is 33.0. The molecule has 4 heteroatoms. The normalized spacial score (nSPS) is 24.1. The van der Waals surface area contributed by atoms with Crippen LogP contribution in [0.2, 0.25) is 0 Å². The minimum Gasteiger partial charge on any atom is -0.456 e. The zero-order chi connectivity index (χ0) is 43.6. The van der Waals surface area contributed by atoms with Gasteiger partial charge >= 0.3 is 0 Å².